The highest BCUT2D eigenvalue weighted by Gasteiger charge is 2.31. The molecule has 2 unspecified atom stereocenters. The predicted molar refractivity (Wildman–Crippen MR) is 92.3 cm³/mol. The van der Waals surface area contributed by atoms with E-state index in [1.165, 1.54) is 0 Å². The number of rotatable bonds is 7. The molecule has 3 nitrogen and oxygen atoms in total. The first-order valence-electron chi connectivity index (χ1n) is 7.52. The number of carbonyl (C=O) groups is 1. The van der Waals surface area contributed by atoms with Crippen LogP contribution in [0.25, 0.3) is 0 Å². The molecule has 0 bridgehead atoms. The SMILES string of the molecule is CCC(C)C(C(=O)N(CC(N)=S)C(C)C)c1ccccc1. The Morgan fingerprint density at radius 1 is 1.24 bits per heavy atom. The molecule has 0 saturated carbocycles. The van der Waals surface area contributed by atoms with E-state index in [2.05, 4.69) is 13.8 Å². The van der Waals surface area contributed by atoms with Crippen LogP contribution in [0.1, 0.15) is 45.6 Å². The van der Waals surface area contributed by atoms with E-state index >= 15 is 0 Å². The zero-order valence-corrected chi connectivity index (χ0v) is 14.2. The maximum Gasteiger partial charge on any atom is 0.230 e. The molecule has 0 fully saturated rings. The maximum absolute atomic E-state index is 13.0. The van der Waals surface area contributed by atoms with Crippen LogP contribution in [0.5, 0.6) is 0 Å². The minimum atomic E-state index is -0.145. The Labute approximate surface area is 133 Å². The van der Waals surface area contributed by atoms with Gasteiger partial charge in [0.15, 0.2) is 0 Å². The van der Waals surface area contributed by atoms with Crippen molar-refractivity contribution in [1.29, 1.82) is 0 Å². The molecule has 0 spiro atoms. The first-order valence-corrected chi connectivity index (χ1v) is 7.93. The number of carbonyl (C=O) groups excluding carboxylic acids is 1. The van der Waals surface area contributed by atoms with Gasteiger partial charge in [-0.1, -0.05) is 62.8 Å². The van der Waals surface area contributed by atoms with E-state index in [-0.39, 0.29) is 23.8 Å². The summed E-state index contributed by atoms with van der Waals surface area (Å²) in [6.07, 6.45) is 0.949. The monoisotopic (exact) mass is 306 g/mol. The molecule has 0 aliphatic rings. The molecule has 0 heterocycles. The summed E-state index contributed by atoms with van der Waals surface area (Å²) in [7, 11) is 0. The molecule has 21 heavy (non-hydrogen) atoms. The summed E-state index contributed by atoms with van der Waals surface area (Å²) in [5.74, 6) is 0.235. The summed E-state index contributed by atoms with van der Waals surface area (Å²) in [5, 5.41) is 0. The highest BCUT2D eigenvalue weighted by atomic mass is 32.1. The van der Waals surface area contributed by atoms with Crippen molar-refractivity contribution in [1.82, 2.24) is 4.90 Å². The van der Waals surface area contributed by atoms with Crippen molar-refractivity contribution in [3.63, 3.8) is 0 Å². The van der Waals surface area contributed by atoms with Crippen molar-refractivity contribution in [2.24, 2.45) is 11.7 Å². The van der Waals surface area contributed by atoms with Crippen molar-refractivity contribution in [2.45, 2.75) is 46.1 Å². The molecule has 0 aromatic heterocycles. The van der Waals surface area contributed by atoms with Gasteiger partial charge in [-0.2, -0.15) is 0 Å². The molecule has 1 aromatic carbocycles. The number of hydrogen-bond donors (Lipinski definition) is 1. The summed E-state index contributed by atoms with van der Waals surface area (Å²) in [6, 6.07) is 10.0. The lowest BCUT2D eigenvalue weighted by Crippen LogP contribution is -2.45. The molecule has 0 radical (unpaired) electrons. The molecule has 1 rings (SSSR count). The normalized spacial score (nSPS) is 13.8. The Balaban J connectivity index is 3.12. The summed E-state index contributed by atoms with van der Waals surface area (Å²) >= 11 is 4.99. The van der Waals surface area contributed by atoms with Crippen LogP contribution >= 0.6 is 12.2 Å². The van der Waals surface area contributed by atoms with Gasteiger partial charge >= 0.3 is 0 Å². The topological polar surface area (TPSA) is 46.3 Å². The molecule has 2 N–H and O–H groups in total. The van der Waals surface area contributed by atoms with E-state index in [0.29, 0.717) is 11.5 Å². The van der Waals surface area contributed by atoms with Crippen LogP contribution in [-0.2, 0) is 4.79 Å². The zero-order valence-electron chi connectivity index (χ0n) is 13.4. The highest BCUT2D eigenvalue weighted by Crippen LogP contribution is 2.29. The van der Waals surface area contributed by atoms with Gasteiger partial charge in [0.1, 0.15) is 0 Å². The van der Waals surface area contributed by atoms with E-state index in [9.17, 15) is 4.79 Å². The number of amides is 1. The van der Waals surface area contributed by atoms with Gasteiger partial charge in [-0.05, 0) is 25.3 Å². The zero-order chi connectivity index (χ0) is 16.0. The largest absolute Gasteiger partial charge is 0.392 e. The maximum atomic E-state index is 13.0. The van der Waals surface area contributed by atoms with Crippen LogP contribution in [0.3, 0.4) is 0 Å². The molecule has 1 amide bonds. The predicted octanol–water partition coefficient (Wildman–Crippen LogP) is 3.34. The van der Waals surface area contributed by atoms with Gasteiger partial charge in [0.2, 0.25) is 5.91 Å². The van der Waals surface area contributed by atoms with Gasteiger partial charge in [0, 0.05) is 6.04 Å². The average molecular weight is 306 g/mol. The Morgan fingerprint density at radius 3 is 2.24 bits per heavy atom. The lowest BCUT2D eigenvalue weighted by molar-refractivity contribution is -0.134. The van der Waals surface area contributed by atoms with Crippen molar-refractivity contribution in [3.05, 3.63) is 35.9 Å². The smallest absolute Gasteiger partial charge is 0.230 e. The summed E-state index contributed by atoms with van der Waals surface area (Å²) in [6.45, 7) is 8.56. The Morgan fingerprint density at radius 2 is 1.81 bits per heavy atom. The number of nitrogens with zero attached hydrogens (tertiary/aromatic N) is 1. The third-order valence-electron chi connectivity index (χ3n) is 3.87. The van der Waals surface area contributed by atoms with E-state index < -0.39 is 0 Å². The fourth-order valence-electron chi connectivity index (χ4n) is 2.47. The van der Waals surface area contributed by atoms with Gasteiger partial charge < -0.3 is 10.6 Å². The van der Waals surface area contributed by atoms with E-state index in [1.807, 2.05) is 44.2 Å². The van der Waals surface area contributed by atoms with Crippen molar-refractivity contribution in [2.75, 3.05) is 6.54 Å². The number of thiocarbonyl (C=S) groups is 1. The Bertz CT molecular complexity index is 473. The third-order valence-corrected chi connectivity index (χ3v) is 4.00. The van der Waals surface area contributed by atoms with Crippen LogP contribution in [0.15, 0.2) is 30.3 Å². The minimum Gasteiger partial charge on any atom is -0.392 e. The van der Waals surface area contributed by atoms with Crippen molar-refractivity contribution >= 4 is 23.1 Å². The second kappa shape index (κ2) is 8.13. The lowest BCUT2D eigenvalue weighted by atomic mass is 9.84. The molecule has 2 atom stereocenters. The Kier molecular flexibility index (Phi) is 6.82. The summed E-state index contributed by atoms with van der Waals surface area (Å²) in [4.78, 5) is 15.2. The lowest BCUT2D eigenvalue weighted by Gasteiger charge is -2.33. The molecule has 0 aliphatic carbocycles. The Hall–Kier alpha value is -1.42. The molecule has 116 valence electrons. The summed E-state index contributed by atoms with van der Waals surface area (Å²) in [5.41, 5.74) is 6.71. The molecule has 1 aromatic rings. The van der Waals surface area contributed by atoms with Gasteiger partial charge in [-0.3, -0.25) is 4.79 Å². The van der Waals surface area contributed by atoms with Gasteiger partial charge in [0.05, 0.1) is 17.5 Å². The third kappa shape index (κ3) is 4.81. The molecule has 0 aliphatic heterocycles. The fourth-order valence-corrected chi connectivity index (χ4v) is 2.61. The van der Waals surface area contributed by atoms with Crippen LogP contribution in [0.4, 0.5) is 0 Å². The number of nitrogens with two attached hydrogens (primary N) is 1. The number of hydrogen-bond acceptors (Lipinski definition) is 2. The molecular weight excluding hydrogens is 280 g/mol. The standard InChI is InChI=1S/C17H26N2OS/c1-5-13(4)16(14-9-7-6-8-10-14)17(20)19(12(2)3)11-15(18)21/h6-10,12-13,16H,5,11H2,1-4H3,(H2,18,21). The van der Waals surface area contributed by atoms with Gasteiger partial charge in [-0.15, -0.1) is 0 Å². The number of benzene rings is 1. The second-order valence-electron chi connectivity index (χ2n) is 5.80. The van der Waals surface area contributed by atoms with Crippen LogP contribution in [0, 0.1) is 5.92 Å². The molecular formula is C17H26N2OS. The van der Waals surface area contributed by atoms with E-state index in [4.69, 9.17) is 18.0 Å². The highest BCUT2D eigenvalue weighted by molar-refractivity contribution is 7.80. The molecule has 4 heteroatoms. The van der Waals surface area contributed by atoms with Crippen molar-refractivity contribution in [3.8, 4) is 0 Å². The fraction of sp³-hybridized carbons (Fsp3) is 0.529. The molecule has 0 saturated heterocycles. The van der Waals surface area contributed by atoms with E-state index in [0.717, 1.165) is 12.0 Å². The van der Waals surface area contributed by atoms with Crippen LogP contribution < -0.4 is 5.73 Å². The first-order chi connectivity index (χ1) is 9.88. The average Bonchev–Trinajstić information content (AvgIpc) is 2.45. The van der Waals surface area contributed by atoms with E-state index in [1.54, 1.807) is 4.90 Å². The van der Waals surface area contributed by atoms with Crippen molar-refractivity contribution < 1.29 is 4.79 Å². The van der Waals surface area contributed by atoms with Gasteiger partial charge in [-0.25, -0.2) is 0 Å². The van der Waals surface area contributed by atoms with Gasteiger partial charge in [0.25, 0.3) is 0 Å². The van der Waals surface area contributed by atoms with Crippen LogP contribution in [-0.4, -0.2) is 28.4 Å². The summed E-state index contributed by atoms with van der Waals surface area (Å²) < 4.78 is 0. The quantitative estimate of drug-likeness (QED) is 0.786. The van der Waals surface area contributed by atoms with Crippen LogP contribution in [0.2, 0.25) is 0 Å². The minimum absolute atomic E-state index is 0.0780. The second-order valence-corrected chi connectivity index (χ2v) is 6.32. The first kappa shape index (κ1) is 17.6.